The van der Waals surface area contributed by atoms with Crippen LogP contribution < -0.4 is 5.32 Å². The molecule has 1 saturated heterocycles. The Morgan fingerprint density at radius 3 is 2.25 bits per heavy atom. The molecule has 52 heavy (non-hydrogen) atoms. The molecule has 1 aliphatic heterocycles. The Hall–Kier alpha value is -5.39. The first kappa shape index (κ1) is 35.0. The van der Waals surface area contributed by atoms with Crippen LogP contribution in [0.5, 0.6) is 0 Å². The molecule has 5 aromatic carbocycles. The van der Waals surface area contributed by atoms with E-state index >= 15 is 0 Å². The zero-order valence-corrected chi connectivity index (χ0v) is 29.2. The molecule has 0 bridgehead atoms. The summed E-state index contributed by atoms with van der Waals surface area (Å²) in [7, 11) is 0. The summed E-state index contributed by atoms with van der Waals surface area (Å²) in [5.41, 5.74) is 7.62. The number of nitrogens with zero attached hydrogens (tertiary/aromatic N) is 2. The lowest BCUT2D eigenvalue weighted by Gasteiger charge is -2.41. The third-order valence-corrected chi connectivity index (χ3v) is 10.3. The monoisotopic (exact) mass is 711 g/mol. The Morgan fingerprint density at radius 1 is 0.788 bits per heavy atom. The van der Waals surface area contributed by atoms with Crippen molar-refractivity contribution in [1.29, 1.82) is 0 Å². The number of ether oxygens (including phenoxy) is 2. The maximum Gasteiger partial charge on any atom is 0.335 e. The lowest BCUT2D eigenvalue weighted by atomic mass is 9.91. The van der Waals surface area contributed by atoms with Crippen molar-refractivity contribution in [2.45, 2.75) is 43.5 Å². The lowest BCUT2D eigenvalue weighted by Crippen LogP contribution is -2.38. The van der Waals surface area contributed by atoms with E-state index in [1.807, 2.05) is 103 Å². The van der Waals surface area contributed by atoms with Gasteiger partial charge < -0.3 is 25.0 Å². The average molecular weight is 712 g/mol. The highest BCUT2D eigenvalue weighted by atomic mass is 32.2. The number of benzene rings is 5. The van der Waals surface area contributed by atoms with Crippen molar-refractivity contribution in [1.82, 2.24) is 15.3 Å². The van der Waals surface area contributed by atoms with Gasteiger partial charge >= 0.3 is 5.97 Å². The number of aromatic carboxylic acids is 1. The topological polar surface area (TPSA) is 131 Å². The highest BCUT2D eigenvalue weighted by Gasteiger charge is 2.38. The molecule has 2 heterocycles. The number of nitrogens with one attached hydrogen (secondary N) is 1. The molecular weight excluding hydrogens is 675 g/mol. The highest BCUT2D eigenvalue weighted by Crippen LogP contribution is 2.43. The van der Waals surface area contributed by atoms with Crippen LogP contribution in [0.4, 0.5) is 0 Å². The van der Waals surface area contributed by atoms with Gasteiger partial charge in [-0.2, -0.15) is 0 Å². The fraction of sp³-hybridized carbons (Fsp3) is 0.190. The number of para-hydroxylation sites is 2. The molecule has 0 radical (unpaired) electrons. The fourth-order valence-corrected chi connectivity index (χ4v) is 7.28. The van der Waals surface area contributed by atoms with Gasteiger partial charge in [0.2, 0.25) is 0 Å². The quantitative estimate of drug-likeness (QED) is 0.114. The van der Waals surface area contributed by atoms with Crippen LogP contribution in [0.25, 0.3) is 22.2 Å². The standard InChI is InChI=1S/C42H37N3O6S/c1-26-38(25-52-34-19-17-31(18-20-34)41(48)49)50-42(51-39(26)30-11-9-27(24-46)10-12-30)32-15-13-29(14-16-32)33-6-4-5-28(21-33)22-44-40(47)37-23-43-35-7-2-3-8-36(35)45-37/h2-21,23,26,38-39,42,46H,22,24-25H2,1H3,(H,44,47)(H,48,49)/t26-,38+,39+,42+/m0/s1. The minimum Gasteiger partial charge on any atom is -0.478 e. The molecular formula is C42H37N3O6S. The average Bonchev–Trinajstić information content (AvgIpc) is 3.19. The number of aliphatic hydroxyl groups excluding tert-OH is 1. The van der Waals surface area contributed by atoms with Gasteiger partial charge in [-0.3, -0.25) is 9.78 Å². The number of carboxylic acid groups (broad SMARTS) is 1. The number of aromatic nitrogens is 2. The van der Waals surface area contributed by atoms with Gasteiger partial charge in [-0.25, -0.2) is 9.78 Å². The van der Waals surface area contributed by atoms with Crippen LogP contribution in [0.1, 0.15) is 62.4 Å². The van der Waals surface area contributed by atoms with E-state index in [4.69, 9.17) is 9.47 Å². The molecule has 0 unspecified atom stereocenters. The molecule has 262 valence electrons. The Labute approximate surface area is 305 Å². The summed E-state index contributed by atoms with van der Waals surface area (Å²) in [5.74, 6) is -0.581. The third kappa shape index (κ3) is 8.06. The van der Waals surface area contributed by atoms with Gasteiger partial charge in [0.25, 0.3) is 5.91 Å². The summed E-state index contributed by atoms with van der Waals surface area (Å²) in [6, 6.07) is 38.3. The largest absolute Gasteiger partial charge is 0.478 e. The Bertz CT molecular complexity index is 2180. The summed E-state index contributed by atoms with van der Waals surface area (Å²) < 4.78 is 13.3. The Kier molecular flexibility index (Phi) is 10.7. The number of hydrogen-bond donors (Lipinski definition) is 3. The van der Waals surface area contributed by atoms with Crippen molar-refractivity contribution in [2.75, 3.05) is 5.75 Å². The number of thioether (sulfide) groups is 1. The molecule has 6 aromatic rings. The molecule has 0 aliphatic carbocycles. The molecule has 0 spiro atoms. The molecule has 4 atom stereocenters. The van der Waals surface area contributed by atoms with E-state index in [1.54, 1.807) is 23.9 Å². The van der Waals surface area contributed by atoms with Crippen molar-refractivity contribution in [2.24, 2.45) is 5.92 Å². The number of carbonyl (C=O) groups is 2. The second-order valence-electron chi connectivity index (χ2n) is 12.7. The van der Waals surface area contributed by atoms with E-state index in [9.17, 15) is 19.8 Å². The van der Waals surface area contributed by atoms with Gasteiger partial charge in [0.1, 0.15) is 5.69 Å². The van der Waals surface area contributed by atoms with Crippen molar-refractivity contribution in [3.8, 4) is 11.1 Å². The Morgan fingerprint density at radius 2 is 1.52 bits per heavy atom. The van der Waals surface area contributed by atoms with Crippen LogP contribution in [0.3, 0.4) is 0 Å². The maximum atomic E-state index is 12.9. The minimum absolute atomic E-state index is 0.0119. The third-order valence-electron chi connectivity index (χ3n) is 9.22. The number of carbonyl (C=O) groups excluding carboxylic acids is 1. The number of amides is 1. The molecule has 9 nitrogen and oxygen atoms in total. The number of hydrogen-bond acceptors (Lipinski definition) is 8. The van der Waals surface area contributed by atoms with Crippen LogP contribution in [0, 0.1) is 5.92 Å². The first-order valence-corrected chi connectivity index (χ1v) is 18.0. The first-order chi connectivity index (χ1) is 25.3. The van der Waals surface area contributed by atoms with Gasteiger partial charge in [-0.05, 0) is 70.3 Å². The predicted octanol–water partition coefficient (Wildman–Crippen LogP) is 8.00. The van der Waals surface area contributed by atoms with E-state index in [0.29, 0.717) is 17.8 Å². The van der Waals surface area contributed by atoms with E-state index < -0.39 is 12.3 Å². The van der Waals surface area contributed by atoms with Gasteiger partial charge in [-0.1, -0.05) is 85.8 Å². The molecule has 10 heteroatoms. The smallest absolute Gasteiger partial charge is 0.335 e. The van der Waals surface area contributed by atoms with E-state index in [1.165, 1.54) is 6.20 Å². The van der Waals surface area contributed by atoms with Crippen molar-refractivity contribution in [3.63, 3.8) is 0 Å². The molecule has 7 rings (SSSR count). The first-order valence-electron chi connectivity index (χ1n) is 17.0. The number of fused-ring (bicyclic) bond motifs is 1. The van der Waals surface area contributed by atoms with Crippen molar-refractivity contribution in [3.05, 3.63) is 161 Å². The molecule has 1 aliphatic rings. The Balaban J connectivity index is 1.05. The van der Waals surface area contributed by atoms with E-state index in [2.05, 4.69) is 28.3 Å². The fourth-order valence-electron chi connectivity index (χ4n) is 6.22. The number of carboxylic acids is 1. The minimum atomic E-state index is -0.952. The summed E-state index contributed by atoms with van der Waals surface area (Å²) in [5, 5.41) is 21.8. The normalized spacial score (nSPS) is 18.6. The van der Waals surface area contributed by atoms with Gasteiger partial charge in [0.15, 0.2) is 6.29 Å². The van der Waals surface area contributed by atoms with Crippen LogP contribution >= 0.6 is 11.8 Å². The molecule has 1 aromatic heterocycles. The number of rotatable bonds is 11. The summed E-state index contributed by atoms with van der Waals surface area (Å²) in [4.78, 5) is 33.9. The van der Waals surface area contributed by atoms with Crippen LogP contribution in [0.15, 0.2) is 132 Å². The van der Waals surface area contributed by atoms with Crippen molar-refractivity contribution >= 4 is 34.7 Å². The SMILES string of the molecule is C[C@H]1[C@@H](CSc2ccc(C(=O)O)cc2)O[C@@H](c2ccc(-c3cccc(CNC(=O)c4cnc5ccccc5n4)c3)cc2)O[C@H]1c1ccc(CO)cc1. The molecule has 1 fully saturated rings. The zero-order valence-electron chi connectivity index (χ0n) is 28.4. The lowest BCUT2D eigenvalue weighted by molar-refractivity contribution is -0.268. The van der Waals surface area contributed by atoms with Crippen LogP contribution in [-0.2, 0) is 22.6 Å². The highest BCUT2D eigenvalue weighted by molar-refractivity contribution is 7.99. The van der Waals surface area contributed by atoms with Crippen LogP contribution in [-0.4, -0.2) is 43.9 Å². The van der Waals surface area contributed by atoms with Crippen LogP contribution in [0.2, 0.25) is 0 Å². The molecule has 3 N–H and O–H groups in total. The van der Waals surface area contributed by atoms with E-state index in [0.717, 1.165) is 43.8 Å². The van der Waals surface area contributed by atoms with Gasteiger partial charge in [-0.15, -0.1) is 11.8 Å². The summed E-state index contributed by atoms with van der Waals surface area (Å²) in [6.07, 6.45) is 0.456. The number of aliphatic hydroxyl groups is 1. The summed E-state index contributed by atoms with van der Waals surface area (Å²) >= 11 is 1.62. The zero-order chi connectivity index (χ0) is 36.0. The van der Waals surface area contributed by atoms with Gasteiger partial charge in [0, 0.05) is 28.7 Å². The maximum absolute atomic E-state index is 12.9. The molecule has 1 amide bonds. The van der Waals surface area contributed by atoms with Gasteiger partial charge in [0.05, 0.1) is 41.6 Å². The second-order valence-corrected chi connectivity index (χ2v) is 13.8. The van der Waals surface area contributed by atoms with E-state index in [-0.39, 0.29) is 41.9 Å². The molecule has 0 saturated carbocycles. The second kappa shape index (κ2) is 15.9. The predicted molar refractivity (Wildman–Crippen MR) is 200 cm³/mol. The van der Waals surface area contributed by atoms with Crippen molar-refractivity contribution < 1.29 is 29.3 Å². The summed E-state index contributed by atoms with van der Waals surface area (Å²) in [6.45, 7) is 2.43.